The summed E-state index contributed by atoms with van der Waals surface area (Å²) in [6.07, 6.45) is 0.841. The molecule has 1 heterocycles. The lowest BCUT2D eigenvalue weighted by Gasteiger charge is -2.16. The number of nitrogens with zero attached hydrogens (tertiary/aromatic N) is 1. The van der Waals surface area contributed by atoms with Crippen LogP contribution in [0.5, 0.6) is 0 Å². The molecular weight excluding hydrogens is 226 g/mol. The number of carbonyl (C=O) groups excluding carboxylic acids is 2. The normalized spacial score (nSPS) is 21.2. The summed E-state index contributed by atoms with van der Waals surface area (Å²) in [4.78, 5) is 35.2. The van der Waals surface area contributed by atoms with Crippen LogP contribution in [-0.4, -0.2) is 53.6 Å². The molecule has 0 spiro atoms. The minimum atomic E-state index is -1.09. The zero-order valence-electron chi connectivity index (χ0n) is 9.90. The van der Waals surface area contributed by atoms with Crippen LogP contribution in [-0.2, 0) is 9.59 Å². The van der Waals surface area contributed by atoms with E-state index in [9.17, 15) is 14.4 Å². The number of likely N-dealkylation sites (N-methyl/N-ethyl adjacent to an activating group) is 1. The van der Waals surface area contributed by atoms with Gasteiger partial charge in [-0.25, -0.2) is 9.59 Å². The predicted molar refractivity (Wildman–Crippen MR) is 59.4 cm³/mol. The minimum absolute atomic E-state index is 0.150. The van der Waals surface area contributed by atoms with Crippen molar-refractivity contribution in [1.29, 1.82) is 0 Å². The molecule has 0 saturated carbocycles. The number of rotatable bonds is 4. The number of carboxylic acids is 1. The largest absolute Gasteiger partial charge is 0.480 e. The maximum Gasteiger partial charge on any atom is 0.326 e. The highest BCUT2D eigenvalue weighted by atomic mass is 16.4. The molecule has 7 heteroatoms. The summed E-state index contributed by atoms with van der Waals surface area (Å²) in [6.45, 7) is 2.26. The molecule has 2 atom stereocenters. The van der Waals surface area contributed by atoms with Crippen LogP contribution in [0.25, 0.3) is 0 Å². The maximum absolute atomic E-state index is 11.5. The van der Waals surface area contributed by atoms with Gasteiger partial charge in [-0.3, -0.25) is 4.79 Å². The molecule has 0 radical (unpaired) electrons. The third-order valence-electron chi connectivity index (χ3n) is 2.74. The maximum atomic E-state index is 11.5. The molecule has 2 unspecified atom stereocenters. The highest BCUT2D eigenvalue weighted by molar-refractivity contribution is 5.89. The number of urea groups is 1. The van der Waals surface area contributed by atoms with Gasteiger partial charge < -0.3 is 20.6 Å². The van der Waals surface area contributed by atoms with E-state index in [4.69, 9.17) is 5.11 Å². The Morgan fingerprint density at radius 2 is 2.24 bits per heavy atom. The van der Waals surface area contributed by atoms with E-state index in [-0.39, 0.29) is 5.91 Å². The summed E-state index contributed by atoms with van der Waals surface area (Å²) in [5.41, 5.74) is 0. The van der Waals surface area contributed by atoms with Gasteiger partial charge in [-0.2, -0.15) is 0 Å². The van der Waals surface area contributed by atoms with Gasteiger partial charge in [-0.1, -0.05) is 6.92 Å². The van der Waals surface area contributed by atoms with Crippen LogP contribution in [0.2, 0.25) is 0 Å². The molecule has 1 rings (SSSR count). The molecule has 17 heavy (non-hydrogen) atoms. The summed E-state index contributed by atoms with van der Waals surface area (Å²) < 4.78 is 0. The molecule has 0 aromatic heterocycles. The number of amides is 3. The standard InChI is InChI=1S/C10H17N3O4/c1-3-6(9(15)16)11-10(17)12-7-4-5-13(2)8(7)14/h6-7H,3-5H2,1-2H3,(H,15,16)(H2,11,12,17). The number of hydrogen-bond donors (Lipinski definition) is 3. The van der Waals surface area contributed by atoms with E-state index < -0.39 is 24.1 Å². The third-order valence-corrected chi connectivity index (χ3v) is 2.74. The Kier molecular flexibility index (Phi) is 4.30. The molecule has 7 nitrogen and oxygen atoms in total. The summed E-state index contributed by atoms with van der Waals surface area (Å²) in [7, 11) is 1.66. The average molecular weight is 243 g/mol. The molecule has 96 valence electrons. The quantitative estimate of drug-likeness (QED) is 0.612. The van der Waals surface area contributed by atoms with Gasteiger partial charge in [0.05, 0.1) is 0 Å². The van der Waals surface area contributed by atoms with Crippen LogP contribution in [0.1, 0.15) is 19.8 Å². The van der Waals surface area contributed by atoms with E-state index in [1.165, 1.54) is 4.90 Å². The lowest BCUT2D eigenvalue weighted by atomic mass is 10.2. The van der Waals surface area contributed by atoms with Crippen LogP contribution in [0.15, 0.2) is 0 Å². The highest BCUT2D eigenvalue weighted by Crippen LogP contribution is 2.08. The zero-order chi connectivity index (χ0) is 13.0. The molecule has 1 aliphatic rings. The Bertz CT molecular complexity index is 332. The van der Waals surface area contributed by atoms with Crippen molar-refractivity contribution < 1.29 is 19.5 Å². The van der Waals surface area contributed by atoms with Gasteiger partial charge in [0.2, 0.25) is 5.91 Å². The molecule has 1 saturated heterocycles. The highest BCUT2D eigenvalue weighted by Gasteiger charge is 2.30. The number of nitrogens with one attached hydrogen (secondary N) is 2. The Labute approximate surface area is 99.2 Å². The second kappa shape index (κ2) is 5.51. The number of carbonyl (C=O) groups is 3. The van der Waals surface area contributed by atoms with Crippen LogP contribution in [0, 0.1) is 0 Å². The topological polar surface area (TPSA) is 98.7 Å². The molecule has 1 fully saturated rings. The molecule has 0 bridgehead atoms. The third kappa shape index (κ3) is 3.33. The van der Waals surface area contributed by atoms with Gasteiger partial charge in [0, 0.05) is 13.6 Å². The molecule has 0 aromatic rings. The van der Waals surface area contributed by atoms with Gasteiger partial charge >= 0.3 is 12.0 Å². The van der Waals surface area contributed by atoms with Crippen molar-refractivity contribution in [3.05, 3.63) is 0 Å². The van der Waals surface area contributed by atoms with Gasteiger partial charge in [0.1, 0.15) is 12.1 Å². The number of aliphatic carboxylic acids is 1. The summed E-state index contributed by atoms with van der Waals surface area (Å²) in [6, 6.07) is -2.09. The fourth-order valence-electron chi connectivity index (χ4n) is 1.65. The summed E-state index contributed by atoms with van der Waals surface area (Å²) >= 11 is 0. The van der Waals surface area contributed by atoms with E-state index in [0.717, 1.165) is 0 Å². The van der Waals surface area contributed by atoms with Crippen molar-refractivity contribution in [2.75, 3.05) is 13.6 Å². The first-order chi connectivity index (χ1) is 7.95. The lowest BCUT2D eigenvalue weighted by molar-refractivity contribution is -0.139. The van der Waals surface area contributed by atoms with Crippen LogP contribution < -0.4 is 10.6 Å². The first-order valence-corrected chi connectivity index (χ1v) is 5.50. The number of likely N-dealkylation sites (tertiary alicyclic amines) is 1. The molecule has 0 aliphatic carbocycles. The fraction of sp³-hybridized carbons (Fsp3) is 0.700. The van der Waals surface area contributed by atoms with E-state index in [2.05, 4.69) is 10.6 Å². The van der Waals surface area contributed by atoms with Crippen molar-refractivity contribution in [2.45, 2.75) is 31.8 Å². The van der Waals surface area contributed by atoms with Crippen molar-refractivity contribution in [2.24, 2.45) is 0 Å². The number of carboxylic acid groups (broad SMARTS) is 1. The van der Waals surface area contributed by atoms with Gasteiger partial charge in [0.15, 0.2) is 0 Å². The van der Waals surface area contributed by atoms with E-state index in [1.807, 2.05) is 0 Å². The van der Waals surface area contributed by atoms with Crippen LogP contribution in [0.4, 0.5) is 4.79 Å². The van der Waals surface area contributed by atoms with E-state index in [0.29, 0.717) is 19.4 Å². The van der Waals surface area contributed by atoms with Crippen molar-refractivity contribution in [1.82, 2.24) is 15.5 Å². The minimum Gasteiger partial charge on any atom is -0.480 e. The Morgan fingerprint density at radius 1 is 1.59 bits per heavy atom. The Hall–Kier alpha value is -1.79. The average Bonchev–Trinajstić information content (AvgIpc) is 2.57. The van der Waals surface area contributed by atoms with Gasteiger partial charge in [-0.15, -0.1) is 0 Å². The zero-order valence-corrected chi connectivity index (χ0v) is 9.90. The van der Waals surface area contributed by atoms with E-state index >= 15 is 0 Å². The van der Waals surface area contributed by atoms with Crippen molar-refractivity contribution in [3.8, 4) is 0 Å². The van der Waals surface area contributed by atoms with Crippen LogP contribution in [0.3, 0.4) is 0 Å². The number of hydrogen-bond acceptors (Lipinski definition) is 3. The first-order valence-electron chi connectivity index (χ1n) is 5.50. The second-order valence-corrected chi connectivity index (χ2v) is 4.02. The van der Waals surface area contributed by atoms with Gasteiger partial charge in [0.25, 0.3) is 0 Å². The molecule has 3 N–H and O–H groups in total. The molecular formula is C10H17N3O4. The Morgan fingerprint density at radius 3 is 2.65 bits per heavy atom. The van der Waals surface area contributed by atoms with E-state index in [1.54, 1.807) is 14.0 Å². The smallest absolute Gasteiger partial charge is 0.326 e. The molecule has 0 aromatic carbocycles. The van der Waals surface area contributed by atoms with Crippen molar-refractivity contribution >= 4 is 17.9 Å². The lowest BCUT2D eigenvalue weighted by Crippen LogP contribution is -2.50. The summed E-state index contributed by atoms with van der Waals surface area (Å²) in [5.74, 6) is -1.24. The SMILES string of the molecule is CCC(NC(=O)NC1CCN(C)C1=O)C(=O)O. The summed E-state index contributed by atoms with van der Waals surface area (Å²) in [5, 5.41) is 13.5. The van der Waals surface area contributed by atoms with Gasteiger partial charge in [-0.05, 0) is 12.8 Å². The predicted octanol–water partition coefficient (Wildman–Crippen LogP) is -0.620. The van der Waals surface area contributed by atoms with Crippen LogP contribution >= 0.6 is 0 Å². The monoisotopic (exact) mass is 243 g/mol. The fourth-order valence-corrected chi connectivity index (χ4v) is 1.65. The molecule has 3 amide bonds. The first kappa shape index (κ1) is 13.3. The molecule has 1 aliphatic heterocycles. The van der Waals surface area contributed by atoms with Crippen molar-refractivity contribution in [3.63, 3.8) is 0 Å². The second-order valence-electron chi connectivity index (χ2n) is 4.02. The Balaban J connectivity index is 2.44.